The first-order valence-electron chi connectivity index (χ1n) is 6.13. The largest absolute Gasteiger partial charge is 0.336 e. The lowest BCUT2D eigenvalue weighted by atomic mass is 10.2. The van der Waals surface area contributed by atoms with Gasteiger partial charge in [0.1, 0.15) is 0 Å². The highest BCUT2D eigenvalue weighted by Crippen LogP contribution is 2.13. The summed E-state index contributed by atoms with van der Waals surface area (Å²) >= 11 is 5.84. The van der Waals surface area contributed by atoms with E-state index in [9.17, 15) is 4.79 Å². The number of carbonyl (C=O) groups is 1. The van der Waals surface area contributed by atoms with Crippen molar-refractivity contribution in [2.24, 2.45) is 5.73 Å². The van der Waals surface area contributed by atoms with E-state index >= 15 is 0 Å². The fraction of sp³-hybridized carbons (Fsp3) is 0.462. The maximum Gasteiger partial charge on any atom is 0.237 e. The first kappa shape index (κ1) is 13.3. The van der Waals surface area contributed by atoms with Crippen molar-refractivity contribution in [1.29, 1.82) is 0 Å². The van der Waals surface area contributed by atoms with Gasteiger partial charge in [-0.1, -0.05) is 23.7 Å². The van der Waals surface area contributed by atoms with Gasteiger partial charge in [0.05, 0.1) is 6.54 Å². The van der Waals surface area contributed by atoms with E-state index < -0.39 is 0 Å². The highest BCUT2D eigenvalue weighted by molar-refractivity contribution is 6.30. The van der Waals surface area contributed by atoms with Crippen molar-refractivity contribution in [1.82, 2.24) is 9.80 Å². The van der Waals surface area contributed by atoms with Crippen LogP contribution in [0.5, 0.6) is 0 Å². The Balaban J connectivity index is 1.91. The third-order valence-electron chi connectivity index (χ3n) is 3.13. The normalized spacial score (nSPS) is 17.2. The zero-order valence-corrected chi connectivity index (χ0v) is 11.1. The van der Waals surface area contributed by atoms with Crippen LogP contribution in [0.3, 0.4) is 0 Å². The summed E-state index contributed by atoms with van der Waals surface area (Å²) in [4.78, 5) is 16.0. The average molecular weight is 268 g/mol. The minimum absolute atomic E-state index is 0.171. The van der Waals surface area contributed by atoms with Gasteiger partial charge in [0.2, 0.25) is 5.91 Å². The first-order chi connectivity index (χ1) is 8.69. The monoisotopic (exact) mass is 267 g/mol. The summed E-state index contributed by atoms with van der Waals surface area (Å²) in [5.41, 5.74) is 6.61. The summed E-state index contributed by atoms with van der Waals surface area (Å²) < 4.78 is 0. The van der Waals surface area contributed by atoms with E-state index in [4.69, 9.17) is 17.3 Å². The van der Waals surface area contributed by atoms with Gasteiger partial charge in [-0.2, -0.15) is 0 Å². The molecule has 2 N–H and O–H groups in total. The maximum absolute atomic E-state index is 12.0. The molecule has 1 aliphatic heterocycles. The number of nitrogens with zero attached hydrogens (tertiary/aromatic N) is 2. The Morgan fingerprint density at radius 3 is 2.56 bits per heavy atom. The number of benzene rings is 1. The molecule has 1 aromatic carbocycles. The highest BCUT2D eigenvalue weighted by atomic mass is 35.5. The number of hydrogen-bond donors (Lipinski definition) is 1. The molecule has 0 radical (unpaired) electrons. The van der Waals surface area contributed by atoms with E-state index in [1.807, 2.05) is 29.2 Å². The molecular weight excluding hydrogens is 250 g/mol. The molecule has 4 nitrogen and oxygen atoms in total. The van der Waals surface area contributed by atoms with E-state index in [0.29, 0.717) is 19.6 Å². The van der Waals surface area contributed by atoms with Crippen LogP contribution in [0.4, 0.5) is 0 Å². The van der Waals surface area contributed by atoms with Crippen molar-refractivity contribution in [2.75, 3.05) is 32.7 Å². The molecular formula is C13H18ClN3O. The number of piperazine rings is 1. The Hall–Kier alpha value is -1.10. The van der Waals surface area contributed by atoms with Gasteiger partial charge in [-0.05, 0) is 17.7 Å². The van der Waals surface area contributed by atoms with Gasteiger partial charge in [0.25, 0.3) is 0 Å². The standard InChI is InChI=1S/C13H18ClN3O/c14-12-3-1-11(2-4-12)9-17-8-7-16(6-5-15)10-13(17)18/h1-4H,5-10,15H2. The second-order valence-corrected chi connectivity index (χ2v) is 4.94. The minimum Gasteiger partial charge on any atom is -0.336 e. The fourth-order valence-electron chi connectivity index (χ4n) is 2.11. The highest BCUT2D eigenvalue weighted by Gasteiger charge is 2.23. The summed E-state index contributed by atoms with van der Waals surface area (Å²) in [6.45, 7) is 4.19. The lowest BCUT2D eigenvalue weighted by molar-refractivity contribution is -0.136. The first-order valence-corrected chi connectivity index (χ1v) is 6.51. The van der Waals surface area contributed by atoms with Gasteiger partial charge in [0.15, 0.2) is 0 Å². The van der Waals surface area contributed by atoms with Gasteiger partial charge in [-0.3, -0.25) is 9.69 Å². The summed E-state index contributed by atoms with van der Waals surface area (Å²) in [6, 6.07) is 7.63. The number of carbonyl (C=O) groups excluding carboxylic acids is 1. The second kappa shape index (κ2) is 6.18. The van der Waals surface area contributed by atoms with E-state index in [-0.39, 0.29) is 5.91 Å². The molecule has 0 bridgehead atoms. The third-order valence-corrected chi connectivity index (χ3v) is 3.38. The number of hydrogen-bond acceptors (Lipinski definition) is 3. The summed E-state index contributed by atoms with van der Waals surface area (Å²) in [5, 5.41) is 0.720. The van der Waals surface area contributed by atoms with Gasteiger partial charge in [0, 0.05) is 37.7 Å². The van der Waals surface area contributed by atoms with Crippen molar-refractivity contribution < 1.29 is 4.79 Å². The molecule has 0 saturated carbocycles. The lowest BCUT2D eigenvalue weighted by Crippen LogP contribution is -2.50. The topological polar surface area (TPSA) is 49.6 Å². The van der Waals surface area contributed by atoms with Crippen LogP contribution in [0.25, 0.3) is 0 Å². The van der Waals surface area contributed by atoms with Gasteiger partial charge in [-0.15, -0.1) is 0 Å². The van der Waals surface area contributed by atoms with Crippen LogP contribution in [-0.4, -0.2) is 48.4 Å². The number of halogens is 1. The molecule has 0 aliphatic carbocycles. The number of nitrogens with two attached hydrogens (primary N) is 1. The van der Waals surface area contributed by atoms with Gasteiger partial charge >= 0.3 is 0 Å². The van der Waals surface area contributed by atoms with E-state index in [1.54, 1.807) is 0 Å². The van der Waals surface area contributed by atoms with Crippen molar-refractivity contribution in [2.45, 2.75) is 6.54 Å². The maximum atomic E-state index is 12.0. The van der Waals surface area contributed by atoms with Crippen molar-refractivity contribution in [3.8, 4) is 0 Å². The zero-order valence-electron chi connectivity index (χ0n) is 10.3. The number of rotatable bonds is 4. The fourth-order valence-corrected chi connectivity index (χ4v) is 2.23. The molecule has 1 amide bonds. The van der Waals surface area contributed by atoms with Gasteiger partial charge in [-0.25, -0.2) is 0 Å². The van der Waals surface area contributed by atoms with Crippen LogP contribution < -0.4 is 5.73 Å². The Bertz CT molecular complexity index is 407. The predicted octanol–water partition coefficient (Wildman–Crippen LogP) is 0.943. The summed E-state index contributed by atoms with van der Waals surface area (Å²) in [6.07, 6.45) is 0. The van der Waals surface area contributed by atoms with Crippen LogP contribution in [0.1, 0.15) is 5.56 Å². The van der Waals surface area contributed by atoms with Crippen LogP contribution in [-0.2, 0) is 11.3 Å². The predicted molar refractivity (Wildman–Crippen MR) is 72.4 cm³/mol. The Labute approximate surface area is 112 Å². The van der Waals surface area contributed by atoms with Crippen LogP contribution >= 0.6 is 11.6 Å². The second-order valence-electron chi connectivity index (χ2n) is 4.51. The van der Waals surface area contributed by atoms with E-state index in [2.05, 4.69) is 4.90 Å². The van der Waals surface area contributed by atoms with Crippen molar-refractivity contribution in [3.63, 3.8) is 0 Å². The average Bonchev–Trinajstić information content (AvgIpc) is 2.36. The van der Waals surface area contributed by atoms with Crippen LogP contribution in [0, 0.1) is 0 Å². The van der Waals surface area contributed by atoms with Crippen molar-refractivity contribution in [3.05, 3.63) is 34.9 Å². The Kier molecular flexibility index (Phi) is 4.58. The SMILES string of the molecule is NCCN1CCN(Cc2ccc(Cl)cc2)C(=O)C1. The summed E-state index contributed by atoms with van der Waals surface area (Å²) in [5.74, 6) is 0.171. The molecule has 2 rings (SSSR count). The summed E-state index contributed by atoms with van der Waals surface area (Å²) in [7, 11) is 0. The molecule has 98 valence electrons. The molecule has 1 heterocycles. The van der Waals surface area contributed by atoms with Crippen molar-refractivity contribution >= 4 is 17.5 Å². The molecule has 1 aromatic rings. The third kappa shape index (κ3) is 3.45. The molecule has 0 spiro atoms. The van der Waals surface area contributed by atoms with E-state index in [1.165, 1.54) is 0 Å². The van der Waals surface area contributed by atoms with Crippen LogP contribution in [0.2, 0.25) is 5.02 Å². The lowest BCUT2D eigenvalue weighted by Gasteiger charge is -2.34. The smallest absolute Gasteiger partial charge is 0.237 e. The number of amides is 1. The molecule has 0 unspecified atom stereocenters. The molecule has 1 saturated heterocycles. The molecule has 1 fully saturated rings. The van der Waals surface area contributed by atoms with Crippen LogP contribution in [0.15, 0.2) is 24.3 Å². The quantitative estimate of drug-likeness (QED) is 0.884. The molecule has 0 aromatic heterocycles. The minimum atomic E-state index is 0.171. The molecule has 0 atom stereocenters. The molecule has 18 heavy (non-hydrogen) atoms. The Morgan fingerprint density at radius 2 is 1.94 bits per heavy atom. The van der Waals surface area contributed by atoms with E-state index in [0.717, 1.165) is 30.2 Å². The van der Waals surface area contributed by atoms with Gasteiger partial charge < -0.3 is 10.6 Å². The Morgan fingerprint density at radius 1 is 1.22 bits per heavy atom. The zero-order chi connectivity index (χ0) is 13.0. The molecule has 5 heteroatoms. The molecule has 1 aliphatic rings.